The van der Waals surface area contributed by atoms with E-state index in [-0.39, 0.29) is 147 Å². The van der Waals surface area contributed by atoms with E-state index in [9.17, 15) is 44.0 Å². The van der Waals surface area contributed by atoms with Crippen LogP contribution in [0.2, 0.25) is 0 Å². The first kappa shape index (κ1) is 65.6. The van der Waals surface area contributed by atoms with Gasteiger partial charge in [-0.1, -0.05) is 82.4 Å². The Morgan fingerprint density at radius 1 is 0.744 bits per heavy atom. The zero-order valence-electron chi connectivity index (χ0n) is 48.8. The van der Waals surface area contributed by atoms with Crippen LogP contribution in [0, 0.1) is 80.8 Å². The maximum atomic E-state index is 12.3. The van der Waals surface area contributed by atoms with Crippen molar-refractivity contribution in [3.63, 3.8) is 0 Å². The number of ether oxygens (including phenoxy) is 3. The molecule has 21 atom stereocenters. The van der Waals surface area contributed by atoms with Crippen LogP contribution in [0.4, 0.5) is 0 Å². The van der Waals surface area contributed by atoms with Gasteiger partial charge in [0.05, 0.1) is 36.1 Å². The summed E-state index contributed by atoms with van der Waals surface area (Å²) in [6, 6.07) is 0. The molecule has 4 heterocycles. The fourth-order valence-corrected chi connectivity index (χ4v) is 22.3. The van der Waals surface area contributed by atoms with Gasteiger partial charge in [0.1, 0.15) is 12.2 Å². The monoisotopic (exact) mass is 1180 g/mol. The SMILES string of the molecule is C[C@H]([C@@H]1C[C@H]2C[C@](C)(OC2(C)C)[C@@H](CC[C@@H](C)[C@H]2CC[C@H]3C4=C(CC[C@]23C)[C@@]2(C)C[C@H](OS(=O)(=O)[O-])[C@@H](OS(=O)(=O)[O-])[C@H](C)C2=CC4)O1)[C@H]1CC[C@H]2C3=C(CC[C@]12C)[C@]12CC[C@](O)(OC1)[C@@H](C)[C@@H]2[C@@H](OS(=O)(=O)[O-])C3.[Na+].[Na+].[Na+]. The second-order valence-electron chi connectivity index (χ2n) is 27.8. The Morgan fingerprint density at radius 2 is 1.33 bits per heavy atom. The third-order valence-corrected chi connectivity index (χ3v) is 25.5. The number of fused-ring (bicyclic) bond motifs is 10. The van der Waals surface area contributed by atoms with Gasteiger partial charge in [0, 0.05) is 35.0 Å². The van der Waals surface area contributed by atoms with Crippen LogP contribution in [0.15, 0.2) is 33.9 Å². The molecule has 0 amide bonds. The second-order valence-corrected chi connectivity index (χ2v) is 30.8. The second kappa shape index (κ2) is 22.1. The van der Waals surface area contributed by atoms with Crippen LogP contribution in [0.1, 0.15) is 178 Å². The van der Waals surface area contributed by atoms with Crippen molar-refractivity contribution >= 4 is 31.2 Å². The van der Waals surface area contributed by atoms with Crippen LogP contribution >= 0.6 is 0 Å². The van der Waals surface area contributed by atoms with E-state index in [0.717, 1.165) is 82.6 Å². The molecule has 4 aliphatic heterocycles. The van der Waals surface area contributed by atoms with Crippen LogP contribution in [-0.4, -0.2) is 98.1 Å². The molecule has 12 rings (SSSR count). The van der Waals surface area contributed by atoms with Crippen LogP contribution < -0.4 is 88.7 Å². The fourth-order valence-electron chi connectivity index (χ4n) is 20.7. The fraction of sp³-hybridized carbons (Fsp3) is 0.893. The van der Waals surface area contributed by atoms with Gasteiger partial charge in [0.15, 0.2) is 5.79 Å². The molecule has 22 heteroatoms. The van der Waals surface area contributed by atoms with Gasteiger partial charge in [0.2, 0.25) is 31.2 Å². The quantitative estimate of drug-likeness (QED) is 0.118. The van der Waals surface area contributed by atoms with E-state index in [2.05, 4.69) is 54.5 Å². The first-order valence-corrected chi connectivity index (χ1v) is 32.4. The van der Waals surface area contributed by atoms with Crippen molar-refractivity contribution < 1.29 is 159 Å². The summed E-state index contributed by atoms with van der Waals surface area (Å²) in [7, 11) is -15.5. The molecule has 0 aromatic rings. The Hall–Kier alpha value is 1.67. The maximum Gasteiger partial charge on any atom is 1.00 e. The molecule has 12 aliphatic rings. The topological polar surface area (TPSA) is 247 Å². The average Bonchev–Trinajstić information content (AvgIpc) is 3.87. The predicted molar refractivity (Wildman–Crippen MR) is 272 cm³/mol. The van der Waals surface area contributed by atoms with Crippen LogP contribution in [-0.2, 0) is 58.0 Å². The minimum Gasteiger partial charge on any atom is -0.726 e. The molecule has 0 aromatic carbocycles. The molecule has 424 valence electrons. The summed E-state index contributed by atoms with van der Waals surface area (Å²) in [5.74, 6) is -0.472. The predicted octanol–water partition coefficient (Wildman–Crippen LogP) is 0.0953. The van der Waals surface area contributed by atoms with E-state index in [1.54, 1.807) is 6.92 Å². The Labute approximate surface area is 532 Å². The molecule has 4 saturated heterocycles. The van der Waals surface area contributed by atoms with E-state index in [0.29, 0.717) is 61.9 Å². The first-order chi connectivity index (χ1) is 34.7. The molecule has 0 aromatic heterocycles. The average molecular weight is 1180 g/mol. The van der Waals surface area contributed by atoms with E-state index in [1.165, 1.54) is 22.3 Å². The summed E-state index contributed by atoms with van der Waals surface area (Å²) in [5.41, 5.74) is 4.13. The molecular weight excluding hydrogens is 1090 g/mol. The normalized spacial score (nSPS) is 47.1. The van der Waals surface area contributed by atoms with Gasteiger partial charge in [-0.3, -0.25) is 12.5 Å². The van der Waals surface area contributed by atoms with Crippen molar-refractivity contribution in [1.82, 2.24) is 0 Å². The largest absolute Gasteiger partial charge is 1.00 e. The Morgan fingerprint density at radius 3 is 1.95 bits per heavy atom. The molecule has 16 nitrogen and oxygen atoms in total. The molecular formula is C56H83Na3O16S3. The summed E-state index contributed by atoms with van der Waals surface area (Å²) in [6.07, 6.45) is 11.9. The third kappa shape index (κ3) is 10.9. The van der Waals surface area contributed by atoms with Crippen molar-refractivity contribution in [1.29, 1.82) is 0 Å². The number of rotatable bonds is 12. The number of aliphatic hydroxyl groups is 1. The maximum absolute atomic E-state index is 12.3. The van der Waals surface area contributed by atoms with Gasteiger partial charge in [-0.2, -0.15) is 0 Å². The number of allylic oxidation sites excluding steroid dienone is 3. The van der Waals surface area contributed by atoms with Crippen LogP contribution in [0.25, 0.3) is 0 Å². The van der Waals surface area contributed by atoms with Crippen molar-refractivity contribution in [2.45, 2.75) is 226 Å². The minimum atomic E-state index is -5.25. The molecule has 78 heavy (non-hydrogen) atoms. The summed E-state index contributed by atoms with van der Waals surface area (Å²) in [6.45, 7) is 22.5. The number of hydrogen-bond acceptors (Lipinski definition) is 16. The Balaban J connectivity index is 0.00000268. The smallest absolute Gasteiger partial charge is 0.726 e. The summed E-state index contributed by atoms with van der Waals surface area (Å²) < 4.78 is 145. The van der Waals surface area contributed by atoms with Gasteiger partial charge < -0.3 is 33.0 Å². The van der Waals surface area contributed by atoms with Crippen molar-refractivity contribution in [2.75, 3.05) is 6.61 Å². The van der Waals surface area contributed by atoms with Crippen molar-refractivity contribution in [3.8, 4) is 0 Å². The summed E-state index contributed by atoms with van der Waals surface area (Å²) in [4.78, 5) is 0. The van der Waals surface area contributed by atoms with Crippen LogP contribution in [0.3, 0.4) is 0 Å². The van der Waals surface area contributed by atoms with Gasteiger partial charge in [-0.05, 0) is 176 Å². The third-order valence-electron chi connectivity index (χ3n) is 24.1. The first-order valence-electron chi connectivity index (χ1n) is 28.4. The van der Waals surface area contributed by atoms with Gasteiger partial charge >= 0.3 is 88.7 Å². The van der Waals surface area contributed by atoms with Gasteiger partial charge in [-0.15, -0.1) is 0 Å². The Bertz CT molecular complexity index is 2780. The van der Waals surface area contributed by atoms with E-state index >= 15 is 0 Å². The standard InChI is InChI=1S/C56H86O16S3.3Na/c1-30(37-14-16-40-35-12-13-39-32(3)49(71-75(64,65)66)46(70-74(61,62)63)28-53(39,9)42(35)19-21-51(37,40)7)11-18-47-54(10)27-34(50(5,6)72-54)25-44(68-47)31(2)38-15-17-41-36-26-45(69-73(58,59)60)48-33(4)56(57)24-23-55(48,29-67-56)43(36)20-22-52(38,41)8;;;/h13,30-34,37-38,40-41,44-49,57H,11-12,14-29H2,1-10H3,(H,58,59,60)(H,61,62,63)(H,64,65,66);;;/q;3*+1/p-3/t30-,31+,32-,33+,34+,37-,38-,40+,41+,44+,45+,46+,47-,48-,49+,51-,52-,53+,54+,55+,56+;;;/m1.../s1. The zero-order valence-corrected chi connectivity index (χ0v) is 57.2. The minimum absolute atomic E-state index is 0. The van der Waals surface area contributed by atoms with Crippen molar-refractivity contribution in [3.05, 3.63) is 33.9 Å². The molecule has 1 N–H and O–H groups in total. The van der Waals surface area contributed by atoms with E-state index in [1.807, 2.05) is 13.8 Å². The summed E-state index contributed by atoms with van der Waals surface area (Å²) >= 11 is 0. The van der Waals surface area contributed by atoms with E-state index in [4.69, 9.17) is 26.8 Å². The summed E-state index contributed by atoms with van der Waals surface area (Å²) in [5, 5.41) is 11.5. The zero-order chi connectivity index (χ0) is 54.2. The number of hydrogen-bond donors (Lipinski definition) is 1. The molecule has 4 saturated carbocycles. The van der Waals surface area contributed by atoms with Crippen LogP contribution in [0.5, 0.6) is 0 Å². The van der Waals surface area contributed by atoms with E-state index < -0.39 is 77.6 Å². The van der Waals surface area contributed by atoms with Gasteiger partial charge in [-0.25, -0.2) is 25.3 Å². The van der Waals surface area contributed by atoms with Gasteiger partial charge in [0.25, 0.3) is 0 Å². The molecule has 1 spiro atoms. The molecule has 8 aliphatic carbocycles. The molecule has 0 radical (unpaired) electrons. The molecule has 0 unspecified atom stereocenters. The Kier molecular flexibility index (Phi) is 18.6. The molecule has 4 bridgehead atoms. The molecule has 8 fully saturated rings. The van der Waals surface area contributed by atoms with Crippen molar-refractivity contribution in [2.24, 2.45) is 80.8 Å².